The van der Waals surface area contributed by atoms with Crippen molar-refractivity contribution < 1.29 is 19.8 Å². The number of nitrogens with two attached hydrogens (primary N) is 1. The predicted octanol–water partition coefficient (Wildman–Crippen LogP) is -1.31. The van der Waals surface area contributed by atoms with Gasteiger partial charge in [-0.25, -0.2) is 0 Å². The van der Waals surface area contributed by atoms with Gasteiger partial charge in [-0.3, -0.25) is 9.59 Å². The van der Waals surface area contributed by atoms with Gasteiger partial charge in [-0.1, -0.05) is 19.7 Å². The van der Waals surface area contributed by atoms with E-state index in [0.29, 0.717) is 13.0 Å². The van der Waals surface area contributed by atoms with Crippen molar-refractivity contribution in [1.82, 2.24) is 4.90 Å². The van der Waals surface area contributed by atoms with Crippen molar-refractivity contribution >= 4 is 19.7 Å². The molecular weight excluding hydrogens is 247 g/mol. The Labute approximate surface area is 114 Å². The van der Waals surface area contributed by atoms with Crippen LogP contribution in [0.2, 0.25) is 6.32 Å². The van der Waals surface area contributed by atoms with Gasteiger partial charge in [-0.2, -0.15) is 0 Å². The molecule has 4 N–H and O–H groups in total. The molecule has 7 heteroatoms. The van der Waals surface area contributed by atoms with Crippen molar-refractivity contribution in [2.75, 3.05) is 19.7 Å². The highest BCUT2D eigenvalue weighted by molar-refractivity contribution is 6.08. The average Bonchev–Trinajstić information content (AvgIpc) is 2.73. The maximum Gasteiger partial charge on any atom is 0.325 e. The van der Waals surface area contributed by atoms with E-state index in [9.17, 15) is 14.7 Å². The number of aliphatic carboxylic acids is 1. The van der Waals surface area contributed by atoms with Gasteiger partial charge in [0.2, 0.25) is 5.91 Å². The van der Waals surface area contributed by atoms with E-state index < -0.39 is 17.4 Å². The molecule has 108 valence electrons. The first-order chi connectivity index (χ1) is 8.86. The molecule has 0 aromatic carbocycles. The molecule has 3 atom stereocenters. The first kappa shape index (κ1) is 16.0. The molecule has 0 unspecified atom stereocenters. The number of nitrogens with zero attached hydrogens (tertiary/aromatic N) is 1. The second kappa shape index (κ2) is 6.39. The van der Waals surface area contributed by atoms with Crippen LogP contribution in [-0.4, -0.2) is 60.1 Å². The van der Waals surface area contributed by atoms with Crippen molar-refractivity contribution in [2.24, 2.45) is 17.6 Å². The summed E-state index contributed by atoms with van der Waals surface area (Å²) >= 11 is 0. The Hall–Kier alpha value is -1.08. The molecule has 0 radical (unpaired) electrons. The molecule has 1 heterocycles. The zero-order valence-electron chi connectivity index (χ0n) is 11.6. The van der Waals surface area contributed by atoms with E-state index in [4.69, 9.17) is 10.8 Å². The molecule has 0 saturated carbocycles. The third-order valence-corrected chi connectivity index (χ3v) is 3.93. The fourth-order valence-electron chi connectivity index (χ4n) is 2.54. The quantitative estimate of drug-likeness (QED) is 0.520. The van der Waals surface area contributed by atoms with Gasteiger partial charge in [0, 0.05) is 19.0 Å². The molecule has 1 aliphatic rings. The Bertz CT molecular complexity index is 353. The van der Waals surface area contributed by atoms with E-state index in [1.165, 1.54) is 4.90 Å². The van der Waals surface area contributed by atoms with Gasteiger partial charge < -0.3 is 20.8 Å². The molecule has 6 nitrogen and oxygen atoms in total. The highest BCUT2D eigenvalue weighted by Gasteiger charge is 2.50. The number of hydrogen-bond donors (Lipinski definition) is 3. The number of carboxylic acid groups (broad SMARTS) is 1. The van der Waals surface area contributed by atoms with Crippen LogP contribution < -0.4 is 5.73 Å². The first-order valence-electron chi connectivity index (χ1n) is 6.78. The molecule has 1 amide bonds. The topological polar surface area (TPSA) is 104 Å². The van der Waals surface area contributed by atoms with Gasteiger partial charge in [0.1, 0.15) is 13.4 Å². The third-order valence-electron chi connectivity index (χ3n) is 3.93. The van der Waals surface area contributed by atoms with Crippen LogP contribution in [-0.2, 0) is 9.59 Å². The molecule has 0 aromatic heterocycles. The van der Waals surface area contributed by atoms with E-state index in [2.05, 4.69) is 0 Å². The minimum atomic E-state index is -1.36. The number of carboxylic acids is 1. The Kier molecular flexibility index (Phi) is 5.37. The van der Waals surface area contributed by atoms with E-state index in [-0.39, 0.29) is 25.0 Å². The average molecular weight is 270 g/mol. The van der Waals surface area contributed by atoms with Crippen LogP contribution in [0, 0.1) is 11.8 Å². The maximum absolute atomic E-state index is 12.0. The molecular formula is C12H23BN2O4. The molecule has 0 aliphatic carbocycles. The number of amides is 1. The van der Waals surface area contributed by atoms with Crippen LogP contribution in [0.5, 0.6) is 0 Å². The Morgan fingerprint density at radius 3 is 2.68 bits per heavy atom. The zero-order valence-corrected chi connectivity index (χ0v) is 11.6. The van der Waals surface area contributed by atoms with Gasteiger partial charge in [-0.15, -0.1) is 0 Å². The lowest BCUT2D eigenvalue weighted by atomic mass is 9.83. The molecule has 0 spiro atoms. The van der Waals surface area contributed by atoms with E-state index in [0.717, 1.165) is 12.7 Å². The molecule has 0 bridgehead atoms. The Morgan fingerprint density at radius 1 is 1.58 bits per heavy atom. The van der Waals surface area contributed by atoms with Crippen molar-refractivity contribution in [2.45, 2.75) is 31.6 Å². The summed E-state index contributed by atoms with van der Waals surface area (Å²) in [6, 6.07) is 0. The van der Waals surface area contributed by atoms with Gasteiger partial charge in [0.05, 0.1) is 12.5 Å². The Balaban J connectivity index is 2.82. The summed E-state index contributed by atoms with van der Waals surface area (Å²) in [6.07, 6.45) is 2.57. The predicted molar refractivity (Wildman–Crippen MR) is 73.5 cm³/mol. The second-order valence-corrected chi connectivity index (χ2v) is 5.49. The largest absolute Gasteiger partial charge is 0.480 e. The van der Waals surface area contributed by atoms with Crippen LogP contribution >= 0.6 is 0 Å². The normalized spacial score (nSPS) is 28.4. The van der Waals surface area contributed by atoms with Crippen LogP contribution in [0.1, 0.15) is 19.8 Å². The third kappa shape index (κ3) is 3.28. The van der Waals surface area contributed by atoms with Gasteiger partial charge in [0.25, 0.3) is 0 Å². The van der Waals surface area contributed by atoms with Crippen molar-refractivity contribution in [1.29, 1.82) is 0 Å². The lowest BCUT2D eigenvalue weighted by Crippen LogP contribution is -2.55. The standard InChI is InChI=1S/C12H23BN2O4/c1-8(6-16)10(17)15-5-9(3-2-4-13)12(14,7-15)11(18)19/h8-9,16H,2-7,13-14H2,1H3,(H,18,19)/t8-,9-,12-/m0/s1. The van der Waals surface area contributed by atoms with Crippen molar-refractivity contribution in [3.63, 3.8) is 0 Å². The van der Waals surface area contributed by atoms with Crippen LogP contribution in [0.4, 0.5) is 0 Å². The summed E-state index contributed by atoms with van der Waals surface area (Å²) in [5.41, 5.74) is 4.64. The van der Waals surface area contributed by atoms with Crippen LogP contribution in [0.25, 0.3) is 0 Å². The lowest BCUT2D eigenvalue weighted by molar-refractivity contribution is -0.144. The van der Waals surface area contributed by atoms with E-state index in [1.54, 1.807) is 6.92 Å². The van der Waals surface area contributed by atoms with Crippen molar-refractivity contribution in [3.8, 4) is 0 Å². The number of carbonyl (C=O) groups excluding carboxylic acids is 1. The molecule has 1 saturated heterocycles. The second-order valence-electron chi connectivity index (χ2n) is 5.49. The summed E-state index contributed by atoms with van der Waals surface area (Å²) in [6.45, 7) is 1.78. The van der Waals surface area contributed by atoms with Gasteiger partial charge in [0.15, 0.2) is 0 Å². The monoisotopic (exact) mass is 270 g/mol. The van der Waals surface area contributed by atoms with Crippen LogP contribution in [0.15, 0.2) is 0 Å². The molecule has 1 aliphatic heterocycles. The fraction of sp³-hybridized carbons (Fsp3) is 0.833. The van der Waals surface area contributed by atoms with Gasteiger partial charge >= 0.3 is 5.97 Å². The van der Waals surface area contributed by atoms with Crippen molar-refractivity contribution in [3.05, 3.63) is 0 Å². The SMILES string of the molecule is BCCC[C@H]1CN(C(=O)[C@@H](C)CO)C[C@@]1(N)C(=O)O. The highest BCUT2D eigenvalue weighted by Crippen LogP contribution is 2.31. The zero-order chi connectivity index (χ0) is 14.6. The summed E-state index contributed by atoms with van der Waals surface area (Å²) in [7, 11) is 2.03. The first-order valence-corrected chi connectivity index (χ1v) is 6.78. The summed E-state index contributed by atoms with van der Waals surface area (Å²) in [4.78, 5) is 24.9. The summed E-state index contributed by atoms with van der Waals surface area (Å²) < 4.78 is 0. The number of hydrogen-bond acceptors (Lipinski definition) is 4. The molecule has 1 fully saturated rings. The summed E-state index contributed by atoms with van der Waals surface area (Å²) in [5, 5.41) is 18.3. The van der Waals surface area contributed by atoms with Crippen LogP contribution in [0.3, 0.4) is 0 Å². The molecule has 0 aromatic rings. The summed E-state index contributed by atoms with van der Waals surface area (Å²) in [5.74, 6) is -2.01. The number of likely N-dealkylation sites (tertiary alicyclic amines) is 1. The van der Waals surface area contributed by atoms with E-state index >= 15 is 0 Å². The number of carbonyl (C=O) groups is 2. The smallest absolute Gasteiger partial charge is 0.325 e. The highest BCUT2D eigenvalue weighted by atomic mass is 16.4. The molecule has 19 heavy (non-hydrogen) atoms. The van der Waals surface area contributed by atoms with Gasteiger partial charge in [-0.05, 0) is 6.42 Å². The number of rotatable bonds is 6. The number of aliphatic hydroxyl groups excluding tert-OH is 1. The lowest BCUT2D eigenvalue weighted by Gasteiger charge is -2.25. The Morgan fingerprint density at radius 2 is 2.21 bits per heavy atom. The minimum absolute atomic E-state index is 0.0277. The maximum atomic E-state index is 12.0. The minimum Gasteiger partial charge on any atom is -0.480 e. The van der Waals surface area contributed by atoms with E-state index in [1.807, 2.05) is 7.85 Å². The number of aliphatic hydroxyl groups is 1. The molecule has 1 rings (SSSR count). The fourth-order valence-corrected chi connectivity index (χ4v) is 2.54.